The topological polar surface area (TPSA) is 82.1 Å². The van der Waals surface area contributed by atoms with Crippen LogP contribution in [0, 0.1) is 23.7 Å². The van der Waals surface area contributed by atoms with E-state index < -0.39 is 12.6 Å². The van der Waals surface area contributed by atoms with E-state index in [1.807, 2.05) is 0 Å². The van der Waals surface area contributed by atoms with Crippen LogP contribution in [0.4, 0.5) is 0 Å². The highest BCUT2D eigenvalue weighted by atomic mass is 16.5. The molecule has 3 aliphatic rings. The van der Waals surface area contributed by atoms with Gasteiger partial charge in [0.1, 0.15) is 0 Å². The van der Waals surface area contributed by atoms with Crippen molar-refractivity contribution in [2.24, 2.45) is 23.7 Å². The molecule has 0 aliphatic heterocycles. The lowest BCUT2D eigenvalue weighted by Crippen LogP contribution is -2.26. The first kappa shape index (κ1) is 34.7. The van der Waals surface area contributed by atoms with E-state index in [1.54, 1.807) is 19.6 Å². The molecule has 45 heavy (non-hydrogen) atoms. The molecule has 0 radical (unpaired) electrons. The van der Waals surface area contributed by atoms with Crippen molar-refractivity contribution in [3.8, 4) is 0 Å². The highest BCUT2D eigenvalue weighted by Crippen LogP contribution is 2.45. The molecule has 6 nitrogen and oxygen atoms in total. The standard InChI is InChI=1S/C39H54O6/c1-27(2)38(41)45-26-30(6-5-23-44-39(42)28(3)25-40)24-29-7-9-31(10-8-29)32-11-13-33(14-12-32)34-15-17-35(18-16-34)36-19-21-37(43-4)22-20-36/h7-10,19,21,30,32-35,40H,1,3,5-6,11-18,20,22-26H2,2,4H3. The highest BCUT2D eigenvalue weighted by Gasteiger charge is 2.32. The van der Waals surface area contributed by atoms with E-state index in [0.29, 0.717) is 24.5 Å². The second-order valence-electron chi connectivity index (χ2n) is 13.5. The molecule has 2 fully saturated rings. The molecule has 246 valence electrons. The fraction of sp³-hybridized carbons (Fsp3) is 0.590. The first-order chi connectivity index (χ1) is 21.8. The van der Waals surface area contributed by atoms with Gasteiger partial charge in [-0.2, -0.15) is 0 Å². The van der Waals surface area contributed by atoms with Crippen molar-refractivity contribution in [2.75, 3.05) is 26.9 Å². The predicted octanol–water partition coefficient (Wildman–Crippen LogP) is 8.17. The summed E-state index contributed by atoms with van der Waals surface area (Å²) in [5.74, 6) is 3.44. The molecule has 4 rings (SSSR count). The number of hydrogen-bond acceptors (Lipinski definition) is 6. The first-order valence-electron chi connectivity index (χ1n) is 17.1. The van der Waals surface area contributed by atoms with Crippen molar-refractivity contribution >= 4 is 11.9 Å². The maximum Gasteiger partial charge on any atom is 0.335 e. The first-order valence-corrected chi connectivity index (χ1v) is 17.1. The Labute approximate surface area is 270 Å². The summed E-state index contributed by atoms with van der Waals surface area (Å²) in [5.41, 5.74) is 4.73. The van der Waals surface area contributed by atoms with E-state index in [0.717, 1.165) is 42.8 Å². The Kier molecular flexibility index (Phi) is 13.5. The zero-order chi connectivity index (χ0) is 32.2. The van der Waals surface area contributed by atoms with Gasteiger partial charge in [0, 0.05) is 12.0 Å². The number of carbonyl (C=O) groups is 2. The van der Waals surface area contributed by atoms with E-state index in [4.69, 9.17) is 19.3 Å². The Morgan fingerprint density at radius 1 is 0.867 bits per heavy atom. The zero-order valence-electron chi connectivity index (χ0n) is 27.6. The normalized spacial score (nSPS) is 24.1. The summed E-state index contributed by atoms with van der Waals surface area (Å²) in [6, 6.07) is 9.05. The monoisotopic (exact) mass is 618 g/mol. The Morgan fingerprint density at radius 2 is 1.51 bits per heavy atom. The molecule has 0 heterocycles. The number of benzene rings is 1. The van der Waals surface area contributed by atoms with Gasteiger partial charge < -0.3 is 19.3 Å². The average molecular weight is 619 g/mol. The average Bonchev–Trinajstić information content (AvgIpc) is 3.08. The summed E-state index contributed by atoms with van der Waals surface area (Å²) < 4.78 is 16.1. The number of esters is 2. The number of ether oxygens (including phenoxy) is 3. The maximum absolute atomic E-state index is 12.0. The molecule has 1 aromatic carbocycles. The SMILES string of the molecule is C=C(C)C(=O)OCC(CCCOC(=O)C(=C)CO)Cc1ccc(C2CCC(C3CCC(C4=CC=C(OC)CC4)CC3)CC2)cc1. The van der Waals surface area contributed by atoms with Gasteiger partial charge in [-0.05, 0) is 131 Å². The molecule has 1 aromatic rings. The molecule has 6 heteroatoms. The maximum atomic E-state index is 12.0. The number of aliphatic hydroxyl groups is 1. The molecule has 0 amide bonds. The molecular formula is C39H54O6. The van der Waals surface area contributed by atoms with Crippen molar-refractivity contribution < 1.29 is 28.9 Å². The summed E-state index contributed by atoms with van der Waals surface area (Å²) in [6.45, 7) is 8.94. The van der Waals surface area contributed by atoms with Gasteiger partial charge in [0.15, 0.2) is 0 Å². The van der Waals surface area contributed by atoms with Crippen molar-refractivity contribution in [1.29, 1.82) is 0 Å². The van der Waals surface area contributed by atoms with Crippen LogP contribution in [0.1, 0.15) is 101 Å². The van der Waals surface area contributed by atoms with Gasteiger partial charge in [-0.1, -0.05) is 49.1 Å². The number of carbonyl (C=O) groups excluding carboxylic acids is 2. The summed E-state index contributed by atoms with van der Waals surface area (Å²) in [4.78, 5) is 23.8. The number of rotatable bonds is 15. The van der Waals surface area contributed by atoms with Crippen LogP contribution in [0.25, 0.3) is 0 Å². The lowest BCUT2D eigenvalue weighted by molar-refractivity contribution is -0.140. The van der Waals surface area contributed by atoms with E-state index in [2.05, 4.69) is 49.6 Å². The minimum absolute atomic E-state index is 0.0468. The van der Waals surface area contributed by atoms with E-state index >= 15 is 0 Å². The quantitative estimate of drug-likeness (QED) is 0.121. The van der Waals surface area contributed by atoms with Gasteiger partial charge >= 0.3 is 11.9 Å². The predicted molar refractivity (Wildman–Crippen MR) is 178 cm³/mol. The van der Waals surface area contributed by atoms with Gasteiger partial charge in [0.25, 0.3) is 0 Å². The van der Waals surface area contributed by atoms with Crippen molar-refractivity contribution in [2.45, 2.75) is 96.3 Å². The molecule has 0 bridgehead atoms. The van der Waals surface area contributed by atoms with Crippen molar-refractivity contribution in [3.63, 3.8) is 0 Å². The minimum atomic E-state index is -0.577. The van der Waals surface area contributed by atoms with Gasteiger partial charge in [-0.3, -0.25) is 0 Å². The van der Waals surface area contributed by atoms with Crippen molar-refractivity contribution in [1.82, 2.24) is 0 Å². The van der Waals surface area contributed by atoms with Gasteiger partial charge in [0.2, 0.25) is 0 Å². The Balaban J connectivity index is 1.22. The number of methoxy groups -OCH3 is 1. The number of aliphatic hydroxyl groups excluding tert-OH is 1. The van der Waals surface area contributed by atoms with E-state index in [-0.39, 0.29) is 24.1 Å². The third-order valence-electron chi connectivity index (χ3n) is 10.4. The molecule has 1 unspecified atom stereocenters. The lowest BCUT2D eigenvalue weighted by Gasteiger charge is -2.39. The third-order valence-corrected chi connectivity index (χ3v) is 10.4. The molecular weight excluding hydrogens is 564 g/mol. The van der Waals surface area contributed by atoms with Gasteiger partial charge in [-0.15, -0.1) is 0 Å². The van der Waals surface area contributed by atoms with Gasteiger partial charge in [0.05, 0.1) is 38.3 Å². The van der Waals surface area contributed by atoms with Gasteiger partial charge in [-0.25, -0.2) is 9.59 Å². The molecule has 0 spiro atoms. The van der Waals surface area contributed by atoms with Crippen LogP contribution >= 0.6 is 0 Å². The molecule has 0 aromatic heterocycles. The fourth-order valence-electron chi connectivity index (χ4n) is 7.55. The van der Waals surface area contributed by atoms with Crippen LogP contribution in [0.5, 0.6) is 0 Å². The summed E-state index contributed by atoms with van der Waals surface area (Å²) in [7, 11) is 1.78. The van der Waals surface area contributed by atoms with Crippen molar-refractivity contribution in [3.05, 3.63) is 83.2 Å². The Morgan fingerprint density at radius 3 is 2.07 bits per heavy atom. The Hall–Kier alpha value is -3.12. The molecule has 2 saturated carbocycles. The summed E-state index contributed by atoms with van der Waals surface area (Å²) in [5, 5.41) is 9.04. The molecule has 3 aliphatic carbocycles. The second-order valence-corrected chi connectivity index (χ2v) is 13.5. The molecule has 1 atom stereocenters. The van der Waals surface area contributed by atoms with Crippen LogP contribution < -0.4 is 0 Å². The van der Waals surface area contributed by atoms with Crippen LogP contribution in [0.2, 0.25) is 0 Å². The molecule has 0 saturated heterocycles. The lowest BCUT2D eigenvalue weighted by atomic mass is 9.67. The summed E-state index contributed by atoms with van der Waals surface area (Å²) in [6.07, 6.45) is 19.6. The largest absolute Gasteiger partial charge is 0.501 e. The zero-order valence-corrected chi connectivity index (χ0v) is 27.6. The van der Waals surface area contributed by atoms with E-state index in [1.165, 1.54) is 68.9 Å². The highest BCUT2D eigenvalue weighted by molar-refractivity contribution is 5.88. The van der Waals surface area contributed by atoms with Crippen LogP contribution in [0.15, 0.2) is 72.1 Å². The Bertz CT molecular complexity index is 1210. The molecule has 1 N–H and O–H groups in total. The smallest absolute Gasteiger partial charge is 0.335 e. The number of allylic oxidation sites excluding steroid dienone is 4. The number of hydrogen-bond donors (Lipinski definition) is 1. The second kappa shape index (κ2) is 17.5. The fourth-order valence-corrected chi connectivity index (χ4v) is 7.55. The summed E-state index contributed by atoms with van der Waals surface area (Å²) >= 11 is 0. The van der Waals surface area contributed by atoms with E-state index in [9.17, 15) is 9.59 Å². The third kappa shape index (κ3) is 10.5. The minimum Gasteiger partial charge on any atom is -0.501 e. The van der Waals surface area contributed by atoms with Crippen LogP contribution in [-0.4, -0.2) is 44.0 Å². The van der Waals surface area contributed by atoms with Crippen LogP contribution in [0.3, 0.4) is 0 Å². The van der Waals surface area contributed by atoms with Crippen LogP contribution in [-0.2, 0) is 30.2 Å².